The number of aromatic nitrogens is 3. The van der Waals surface area contributed by atoms with E-state index in [2.05, 4.69) is 127 Å². The summed E-state index contributed by atoms with van der Waals surface area (Å²) in [6.45, 7) is 0. The summed E-state index contributed by atoms with van der Waals surface area (Å²) >= 11 is 0. The minimum Gasteiger partial charge on any atom is -0.208 e. The van der Waals surface area contributed by atoms with Crippen molar-refractivity contribution in [1.29, 1.82) is 0 Å². The van der Waals surface area contributed by atoms with Gasteiger partial charge in [0.1, 0.15) is 0 Å². The van der Waals surface area contributed by atoms with E-state index in [1.165, 1.54) is 27.8 Å². The van der Waals surface area contributed by atoms with Crippen molar-refractivity contribution in [3.63, 3.8) is 0 Å². The molecule has 48 heavy (non-hydrogen) atoms. The topological polar surface area (TPSA) is 38.7 Å². The highest BCUT2D eigenvalue weighted by Crippen LogP contribution is 2.41. The van der Waals surface area contributed by atoms with Gasteiger partial charge in [0.2, 0.25) is 0 Å². The number of hydrogen-bond acceptors (Lipinski definition) is 3. The summed E-state index contributed by atoms with van der Waals surface area (Å²) < 4.78 is 0. The number of hydrogen-bond donors (Lipinski definition) is 0. The van der Waals surface area contributed by atoms with Crippen molar-refractivity contribution >= 4 is 0 Å². The van der Waals surface area contributed by atoms with Crippen molar-refractivity contribution < 1.29 is 0 Å². The summed E-state index contributed by atoms with van der Waals surface area (Å²) in [5.41, 5.74) is 12.2. The predicted octanol–water partition coefficient (Wildman–Crippen LogP) is 11.5. The maximum absolute atomic E-state index is 5.00. The van der Waals surface area contributed by atoms with Gasteiger partial charge in [-0.25, -0.2) is 15.0 Å². The third kappa shape index (κ3) is 5.93. The monoisotopic (exact) mass is 613 g/mol. The van der Waals surface area contributed by atoms with Crippen molar-refractivity contribution in [1.82, 2.24) is 15.0 Å². The second-order valence-corrected chi connectivity index (χ2v) is 11.7. The van der Waals surface area contributed by atoms with E-state index < -0.39 is 0 Å². The average molecular weight is 614 g/mol. The van der Waals surface area contributed by atoms with Gasteiger partial charge in [-0.2, -0.15) is 0 Å². The summed E-state index contributed by atoms with van der Waals surface area (Å²) in [5, 5.41) is 0. The fourth-order valence-electron chi connectivity index (χ4n) is 6.21. The van der Waals surface area contributed by atoms with Crippen molar-refractivity contribution in [2.75, 3.05) is 0 Å². The van der Waals surface area contributed by atoms with Crippen LogP contribution >= 0.6 is 0 Å². The molecule has 0 saturated heterocycles. The quantitative estimate of drug-likeness (QED) is 0.179. The molecule has 0 atom stereocenters. The van der Waals surface area contributed by atoms with E-state index in [0.29, 0.717) is 17.5 Å². The van der Waals surface area contributed by atoms with Crippen molar-refractivity contribution in [2.45, 2.75) is 0 Å². The van der Waals surface area contributed by atoms with Gasteiger partial charge >= 0.3 is 0 Å². The van der Waals surface area contributed by atoms with Gasteiger partial charge in [0.05, 0.1) is 0 Å². The Hall–Kier alpha value is -6.45. The first-order chi connectivity index (χ1) is 23.8. The van der Waals surface area contributed by atoms with Crippen molar-refractivity contribution in [3.05, 3.63) is 188 Å². The molecular weight excluding hydrogens is 583 g/mol. The van der Waals surface area contributed by atoms with Gasteiger partial charge in [-0.15, -0.1) is 0 Å². The van der Waals surface area contributed by atoms with Gasteiger partial charge in [-0.3, -0.25) is 0 Å². The molecule has 226 valence electrons. The molecule has 0 bridgehead atoms. The first-order valence-electron chi connectivity index (χ1n) is 16.1. The summed E-state index contributed by atoms with van der Waals surface area (Å²) in [5.74, 6) is 1.93. The Labute approximate surface area is 280 Å². The van der Waals surface area contributed by atoms with Gasteiger partial charge in [-0.1, -0.05) is 176 Å². The summed E-state index contributed by atoms with van der Waals surface area (Å²) in [4.78, 5) is 14.9. The van der Waals surface area contributed by atoms with Crippen molar-refractivity contribution in [2.24, 2.45) is 0 Å². The Bertz CT molecular complexity index is 2260. The van der Waals surface area contributed by atoms with Gasteiger partial charge in [0.15, 0.2) is 17.5 Å². The van der Waals surface area contributed by atoms with Crippen LogP contribution in [0.2, 0.25) is 0 Å². The molecule has 1 aromatic heterocycles. The lowest BCUT2D eigenvalue weighted by Gasteiger charge is -2.17. The number of benzene rings is 7. The maximum Gasteiger partial charge on any atom is 0.164 e. The molecule has 0 aliphatic heterocycles. The van der Waals surface area contributed by atoms with Crippen LogP contribution in [0.1, 0.15) is 0 Å². The van der Waals surface area contributed by atoms with Gasteiger partial charge < -0.3 is 0 Å². The molecule has 8 aromatic rings. The first kappa shape index (κ1) is 29.0. The predicted molar refractivity (Wildman–Crippen MR) is 198 cm³/mol. The Kier molecular flexibility index (Phi) is 7.92. The molecule has 3 heteroatoms. The molecule has 7 aromatic carbocycles. The molecule has 0 unspecified atom stereocenters. The van der Waals surface area contributed by atoms with E-state index in [0.717, 1.165) is 33.4 Å². The highest BCUT2D eigenvalue weighted by molar-refractivity contribution is 5.95. The zero-order valence-corrected chi connectivity index (χ0v) is 26.2. The van der Waals surface area contributed by atoms with Crippen LogP contribution in [0.5, 0.6) is 0 Å². The van der Waals surface area contributed by atoms with Gasteiger partial charge in [-0.05, 0) is 56.6 Å². The van der Waals surface area contributed by atoms with E-state index in [4.69, 9.17) is 15.0 Å². The standard InChI is InChI=1S/C45H31N3/c1-5-16-32(17-6-1)36-24-13-25-37(30-36)40-28-15-29-41(42(40)33-18-7-2-8-19-33)38-26-14-27-39(31-38)45-47-43(34-20-9-3-10-21-34)46-44(48-45)35-22-11-4-12-23-35/h1-31H. The van der Waals surface area contributed by atoms with Crippen LogP contribution in [0.25, 0.3) is 78.7 Å². The van der Waals surface area contributed by atoms with Crippen LogP contribution < -0.4 is 0 Å². The highest BCUT2D eigenvalue weighted by atomic mass is 15.0. The van der Waals surface area contributed by atoms with E-state index >= 15 is 0 Å². The molecular formula is C45H31N3. The zero-order valence-electron chi connectivity index (χ0n) is 26.2. The summed E-state index contributed by atoms with van der Waals surface area (Å²) in [7, 11) is 0. The summed E-state index contributed by atoms with van der Waals surface area (Å²) in [6, 6.07) is 65.4. The van der Waals surface area contributed by atoms with Crippen LogP contribution in [0, 0.1) is 0 Å². The first-order valence-corrected chi connectivity index (χ1v) is 16.1. The molecule has 1 heterocycles. The molecule has 0 amide bonds. The lowest BCUT2D eigenvalue weighted by Crippen LogP contribution is -2.00. The lowest BCUT2D eigenvalue weighted by molar-refractivity contribution is 1.07. The third-order valence-electron chi connectivity index (χ3n) is 8.54. The Balaban J connectivity index is 1.29. The smallest absolute Gasteiger partial charge is 0.164 e. The van der Waals surface area contributed by atoms with Crippen LogP contribution in [-0.4, -0.2) is 15.0 Å². The molecule has 0 fully saturated rings. The minimum absolute atomic E-state index is 0.637. The van der Waals surface area contributed by atoms with Crippen LogP contribution in [-0.2, 0) is 0 Å². The molecule has 8 rings (SSSR count). The van der Waals surface area contributed by atoms with Gasteiger partial charge in [0, 0.05) is 16.7 Å². The lowest BCUT2D eigenvalue weighted by atomic mass is 9.86. The second kappa shape index (κ2) is 13.1. The molecule has 3 nitrogen and oxygen atoms in total. The molecule has 0 N–H and O–H groups in total. The molecule has 0 aliphatic rings. The highest BCUT2D eigenvalue weighted by Gasteiger charge is 2.17. The number of nitrogens with zero attached hydrogens (tertiary/aromatic N) is 3. The van der Waals surface area contributed by atoms with Crippen LogP contribution in [0.4, 0.5) is 0 Å². The number of rotatable bonds is 7. The maximum atomic E-state index is 5.00. The molecule has 0 radical (unpaired) electrons. The van der Waals surface area contributed by atoms with E-state index in [9.17, 15) is 0 Å². The van der Waals surface area contributed by atoms with Crippen LogP contribution in [0.15, 0.2) is 188 Å². The second-order valence-electron chi connectivity index (χ2n) is 11.7. The summed E-state index contributed by atoms with van der Waals surface area (Å²) in [6.07, 6.45) is 0. The van der Waals surface area contributed by atoms with E-state index in [1.807, 2.05) is 60.7 Å². The third-order valence-corrected chi connectivity index (χ3v) is 8.54. The molecule has 0 spiro atoms. The van der Waals surface area contributed by atoms with Crippen molar-refractivity contribution in [3.8, 4) is 78.7 Å². The fourth-order valence-corrected chi connectivity index (χ4v) is 6.21. The average Bonchev–Trinajstić information content (AvgIpc) is 3.19. The Morgan fingerprint density at radius 1 is 0.229 bits per heavy atom. The normalized spacial score (nSPS) is 10.9. The Morgan fingerprint density at radius 2 is 0.562 bits per heavy atom. The zero-order chi connectivity index (χ0) is 32.1. The largest absolute Gasteiger partial charge is 0.208 e. The molecule has 0 saturated carbocycles. The molecule has 0 aliphatic carbocycles. The van der Waals surface area contributed by atoms with E-state index in [-0.39, 0.29) is 0 Å². The Morgan fingerprint density at radius 3 is 1.06 bits per heavy atom. The fraction of sp³-hybridized carbons (Fsp3) is 0. The SMILES string of the molecule is c1ccc(-c2cccc(-c3cccc(-c4cccc(-c5nc(-c6ccccc6)nc(-c6ccccc6)n5)c4)c3-c3ccccc3)c2)cc1. The van der Waals surface area contributed by atoms with Crippen LogP contribution in [0.3, 0.4) is 0 Å². The van der Waals surface area contributed by atoms with Gasteiger partial charge in [0.25, 0.3) is 0 Å². The van der Waals surface area contributed by atoms with E-state index in [1.54, 1.807) is 0 Å². The minimum atomic E-state index is 0.637.